The molecule has 2 fully saturated rings. The fraction of sp³-hybridized carbons (Fsp3) is 0.444. The monoisotopic (exact) mass is 435 g/mol. The molecule has 2 aromatic rings. The van der Waals surface area contributed by atoms with Crippen molar-refractivity contribution in [2.45, 2.75) is 16.8 Å². The van der Waals surface area contributed by atoms with E-state index in [1.165, 1.54) is 28.0 Å². The van der Waals surface area contributed by atoms with Gasteiger partial charge in [0, 0.05) is 25.4 Å². The highest BCUT2D eigenvalue weighted by atomic mass is 32.2. The number of thiazole rings is 1. The van der Waals surface area contributed by atoms with E-state index in [2.05, 4.69) is 20.9 Å². The maximum Gasteiger partial charge on any atom is 0.322 e. The fourth-order valence-electron chi connectivity index (χ4n) is 3.10. The SMILES string of the molecule is O=C1CN(C(=O)Nc2ccc3nc(SCC(=O)N[C@@H]4CCOC4)sc3c2)CCN1. The Morgan fingerprint density at radius 2 is 2.31 bits per heavy atom. The van der Waals surface area contributed by atoms with E-state index in [0.717, 1.165) is 21.0 Å². The Labute approximate surface area is 175 Å². The van der Waals surface area contributed by atoms with Gasteiger partial charge in [-0.15, -0.1) is 11.3 Å². The van der Waals surface area contributed by atoms with Crippen molar-refractivity contribution in [2.24, 2.45) is 0 Å². The zero-order chi connectivity index (χ0) is 20.2. The van der Waals surface area contributed by atoms with Crippen LogP contribution in [0, 0.1) is 0 Å². The van der Waals surface area contributed by atoms with Gasteiger partial charge in [-0.05, 0) is 24.6 Å². The summed E-state index contributed by atoms with van der Waals surface area (Å²) in [5.41, 5.74) is 1.46. The molecule has 1 aromatic heterocycles. The van der Waals surface area contributed by atoms with Gasteiger partial charge < -0.3 is 25.6 Å². The van der Waals surface area contributed by atoms with Crippen LogP contribution in [0.5, 0.6) is 0 Å². The molecule has 0 unspecified atom stereocenters. The lowest BCUT2D eigenvalue weighted by atomic mass is 10.3. The summed E-state index contributed by atoms with van der Waals surface area (Å²) >= 11 is 2.87. The van der Waals surface area contributed by atoms with E-state index in [-0.39, 0.29) is 30.4 Å². The number of aromatic nitrogens is 1. The number of carbonyl (C=O) groups is 3. The van der Waals surface area contributed by atoms with Gasteiger partial charge in [0.2, 0.25) is 11.8 Å². The summed E-state index contributed by atoms with van der Waals surface area (Å²) in [5, 5.41) is 8.48. The van der Waals surface area contributed by atoms with E-state index >= 15 is 0 Å². The number of benzene rings is 1. The van der Waals surface area contributed by atoms with Crippen LogP contribution in [0.25, 0.3) is 10.2 Å². The van der Waals surface area contributed by atoms with E-state index in [0.29, 0.717) is 37.7 Å². The fourth-order valence-corrected chi connectivity index (χ4v) is 5.02. The van der Waals surface area contributed by atoms with Gasteiger partial charge >= 0.3 is 6.03 Å². The summed E-state index contributed by atoms with van der Waals surface area (Å²) in [6.07, 6.45) is 0.855. The molecule has 3 heterocycles. The number of fused-ring (bicyclic) bond motifs is 1. The Balaban J connectivity index is 1.34. The first-order valence-electron chi connectivity index (χ1n) is 9.30. The number of rotatable bonds is 5. The first kappa shape index (κ1) is 19.9. The smallest absolute Gasteiger partial charge is 0.322 e. The van der Waals surface area contributed by atoms with Gasteiger partial charge in [-0.2, -0.15) is 0 Å². The standard InChI is InChI=1S/C18H21N5O4S2/c24-15-8-23(5-4-19-15)17(26)21-11-1-2-13-14(7-11)29-18(22-13)28-10-16(25)20-12-3-6-27-9-12/h1-2,7,12H,3-6,8-10H2,(H,19,24)(H,20,25)(H,21,26)/t12-/m1/s1. The molecule has 0 radical (unpaired) electrons. The largest absolute Gasteiger partial charge is 0.379 e. The van der Waals surface area contributed by atoms with Gasteiger partial charge in [0.1, 0.15) is 6.54 Å². The molecule has 9 nitrogen and oxygen atoms in total. The molecule has 2 saturated heterocycles. The van der Waals surface area contributed by atoms with Gasteiger partial charge in [-0.25, -0.2) is 9.78 Å². The number of nitrogens with zero attached hydrogens (tertiary/aromatic N) is 2. The number of urea groups is 1. The van der Waals surface area contributed by atoms with Crippen molar-refractivity contribution < 1.29 is 19.1 Å². The second-order valence-corrected chi connectivity index (χ2v) is 9.03. The maximum atomic E-state index is 12.3. The molecule has 2 aliphatic heterocycles. The normalized spacial score (nSPS) is 19.2. The maximum absolute atomic E-state index is 12.3. The second kappa shape index (κ2) is 8.97. The molecule has 11 heteroatoms. The number of hydrogen-bond donors (Lipinski definition) is 3. The molecule has 154 valence electrons. The Morgan fingerprint density at radius 1 is 1.41 bits per heavy atom. The van der Waals surface area contributed by atoms with Crippen LogP contribution in [0.15, 0.2) is 22.5 Å². The van der Waals surface area contributed by atoms with Crippen molar-refractivity contribution in [3.05, 3.63) is 18.2 Å². The quantitative estimate of drug-likeness (QED) is 0.610. The first-order valence-corrected chi connectivity index (χ1v) is 11.1. The van der Waals surface area contributed by atoms with Crippen molar-refractivity contribution in [3.8, 4) is 0 Å². The number of piperazine rings is 1. The molecule has 0 bridgehead atoms. The Morgan fingerprint density at radius 3 is 3.10 bits per heavy atom. The van der Waals surface area contributed by atoms with Crippen molar-refractivity contribution in [1.29, 1.82) is 0 Å². The van der Waals surface area contributed by atoms with Crippen LogP contribution in [-0.4, -0.2) is 72.4 Å². The van der Waals surface area contributed by atoms with E-state index in [4.69, 9.17) is 4.74 Å². The molecule has 4 rings (SSSR count). The van der Waals surface area contributed by atoms with Crippen molar-refractivity contribution in [2.75, 3.05) is 43.9 Å². The molecule has 0 spiro atoms. The van der Waals surface area contributed by atoms with Gasteiger partial charge in [0.05, 0.1) is 28.6 Å². The predicted octanol–water partition coefficient (Wildman–Crippen LogP) is 1.26. The van der Waals surface area contributed by atoms with Crippen molar-refractivity contribution >= 4 is 56.8 Å². The number of thioether (sulfide) groups is 1. The minimum Gasteiger partial charge on any atom is -0.379 e. The molecule has 1 atom stereocenters. The molecule has 4 amide bonds. The third-order valence-electron chi connectivity index (χ3n) is 4.57. The van der Waals surface area contributed by atoms with Crippen LogP contribution < -0.4 is 16.0 Å². The summed E-state index contributed by atoms with van der Waals surface area (Å²) in [7, 11) is 0. The van der Waals surface area contributed by atoms with Crippen LogP contribution in [0.4, 0.5) is 10.5 Å². The molecule has 29 heavy (non-hydrogen) atoms. The van der Waals surface area contributed by atoms with E-state index in [9.17, 15) is 14.4 Å². The highest BCUT2D eigenvalue weighted by molar-refractivity contribution is 8.01. The third kappa shape index (κ3) is 5.17. The first-order chi connectivity index (χ1) is 14.1. The van der Waals surface area contributed by atoms with Crippen LogP contribution in [0.2, 0.25) is 0 Å². The number of amides is 4. The molecular formula is C18H21N5O4S2. The predicted molar refractivity (Wildman–Crippen MR) is 111 cm³/mol. The van der Waals surface area contributed by atoms with E-state index < -0.39 is 0 Å². The molecule has 0 saturated carbocycles. The molecule has 1 aromatic carbocycles. The zero-order valence-corrected chi connectivity index (χ0v) is 17.2. The van der Waals surface area contributed by atoms with Gasteiger partial charge in [0.15, 0.2) is 4.34 Å². The number of carbonyl (C=O) groups excluding carboxylic acids is 3. The van der Waals surface area contributed by atoms with Crippen LogP contribution in [-0.2, 0) is 14.3 Å². The topological polar surface area (TPSA) is 113 Å². The molecule has 2 aliphatic rings. The number of hydrogen-bond acceptors (Lipinski definition) is 7. The zero-order valence-electron chi connectivity index (χ0n) is 15.6. The summed E-state index contributed by atoms with van der Waals surface area (Å²) in [6, 6.07) is 5.28. The molecule has 0 aliphatic carbocycles. The summed E-state index contributed by atoms with van der Waals surface area (Å²) in [4.78, 5) is 41.8. The Bertz CT molecular complexity index is 928. The minimum absolute atomic E-state index is 0.0247. The second-order valence-electron chi connectivity index (χ2n) is 6.78. The van der Waals surface area contributed by atoms with Crippen molar-refractivity contribution in [3.63, 3.8) is 0 Å². The Kier molecular flexibility index (Phi) is 6.16. The summed E-state index contributed by atoms with van der Waals surface area (Å²) in [5.74, 6) is 0.121. The highest BCUT2D eigenvalue weighted by Crippen LogP contribution is 2.31. The van der Waals surface area contributed by atoms with E-state index in [1.807, 2.05) is 12.1 Å². The Hall–Kier alpha value is -2.37. The summed E-state index contributed by atoms with van der Waals surface area (Å²) < 4.78 is 6.98. The lowest BCUT2D eigenvalue weighted by Crippen LogP contribution is -2.51. The summed E-state index contributed by atoms with van der Waals surface area (Å²) in [6.45, 7) is 2.27. The average molecular weight is 436 g/mol. The van der Waals surface area contributed by atoms with Gasteiger partial charge in [0.25, 0.3) is 0 Å². The number of anilines is 1. The highest BCUT2D eigenvalue weighted by Gasteiger charge is 2.21. The molecule has 3 N–H and O–H groups in total. The number of nitrogens with one attached hydrogen (secondary N) is 3. The van der Waals surface area contributed by atoms with Crippen LogP contribution in [0.3, 0.4) is 0 Å². The van der Waals surface area contributed by atoms with Gasteiger partial charge in [-0.1, -0.05) is 11.8 Å². The van der Waals surface area contributed by atoms with Crippen LogP contribution in [0.1, 0.15) is 6.42 Å². The van der Waals surface area contributed by atoms with Crippen LogP contribution >= 0.6 is 23.1 Å². The van der Waals surface area contributed by atoms with E-state index in [1.54, 1.807) is 6.07 Å². The van der Waals surface area contributed by atoms with Crippen molar-refractivity contribution in [1.82, 2.24) is 20.5 Å². The third-order valence-corrected chi connectivity index (χ3v) is 6.73. The van der Waals surface area contributed by atoms with Gasteiger partial charge in [-0.3, -0.25) is 9.59 Å². The average Bonchev–Trinajstić information content (AvgIpc) is 3.35. The lowest BCUT2D eigenvalue weighted by molar-refractivity contribution is -0.123. The molecular weight excluding hydrogens is 414 g/mol. The number of ether oxygens (including phenoxy) is 1. The minimum atomic E-state index is -0.300. The lowest BCUT2D eigenvalue weighted by Gasteiger charge is -2.26.